The SMILES string of the molecule is C/C=N/N1CCC(Oc2ccc(C(=O)N[C@@H](COc3cc(C(=N)N)ccc3/C=C/C(=O)O)CC(=O)OCC)cc2)CC1. The van der Waals surface area contributed by atoms with E-state index in [-0.39, 0.29) is 37.3 Å². The van der Waals surface area contributed by atoms with Crippen LogP contribution in [0.2, 0.25) is 0 Å². The number of piperidine rings is 1. The molecule has 0 aliphatic carbocycles. The Bertz CT molecular complexity index is 1300. The topological polar surface area (TPSA) is 177 Å². The van der Waals surface area contributed by atoms with E-state index in [0.717, 1.165) is 32.0 Å². The molecule has 0 bridgehead atoms. The lowest BCUT2D eigenvalue weighted by molar-refractivity contribution is -0.143. The number of hydrogen-bond acceptors (Lipinski definition) is 9. The van der Waals surface area contributed by atoms with Crippen LogP contribution >= 0.6 is 0 Å². The van der Waals surface area contributed by atoms with Crippen LogP contribution in [0.4, 0.5) is 0 Å². The Labute approximate surface area is 244 Å². The van der Waals surface area contributed by atoms with Gasteiger partial charge >= 0.3 is 11.9 Å². The quantitative estimate of drug-likeness (QED) is 0.113. The first-order valence-electron chi connectivity index (χ1n) is 13.7. The van der Waals surface area contributed by atoms with Crippen LogP contribution in [0.25, 0.3) is 6.08 Å². The summed E-state index contributed by atoms with van der Waals surface area (Å²) in [6.45, 7) is 5.24. The summed E-state index contributed by atoms with van der Waals surface area (Å²) in [6, 6.07) is 10.6. The Kier molecular flexibility index (Phi) is 11.9. The van der Waals surface area contributed by atoms with Crippen LogP contribution in [0.5, 0.6) is 11.5 Å². The van der Waals surface area contributed by atoms with Crippen LogP contribution in [0.15, 0.2) is 53.6 Å². The van der Waals surface area contributed by atoms with Gasteiger partial charge in [-0.3, -0.25) is 20.0 Å². The fourth-order valence-corrected chi connectivity index (χ4v) is 4.27. The number of benzene rings is 2. The smallest absolute Gasteiger partial charge is 0.328 e. The Morgan fingerprint density at radius 2 is 1.86 bits per heavy atom. The molecule has 0 unspecified atom stereocenters. The summed E-state index contributed by atoms with van der Waals surface area (Å²) in [5.74, 6) is -1.40. The summed E-state index contributed by atoms with van der Waals surface area (Å²) in [5.41, 5.74) is 6.76. The first-order chi connectivity index (χ1) is 20.2. The van der Waals surface area contributed by atoms with Crippen molar-refractivity contribution >= 4 is 36.0 Å². The number of carboxylic acid groups (broad SMARTS) is 1. The molecule has 0 radical (unpaired) electrons. The Hall–Kier alpha value is -4.87. The van der Waals surface area contributed by atoms with E-state index in [1.54, 1.807) is 49.5 Å². The number of aliphatic carboxylic acids is 1. The molecule has 0 saturated carbocycles. The van der Waals surface area contributed by atoms with Crippen LogP contribution in [0, 0.1) is 5.41 Å². The zero-order valence-electron chi connectivity index (χ0n) is 23.7. The number of nitrogen functional groups attached to an aromatic ring is 1. The first-order valence-corrected chi connectivity index (χ1v) is 13.7. The number of amidine groups is 1. The number of nitrogens with two attached hydrogens (primary N) is 1. The van der Waals surface area contributed by atoms with Gasteiger partial charge in [-0.15, -0.1) is 0 Å². The molecule has 1 aliphatic rings. The van der Waals surface area contributed by atoms with Gasteiger partial charge in [-0.1, -0.05) is 12.1 Å². The number of rotatable bonds is 14. The molecule has 1 saturated heterocycles. The third-order valence-corrected chi connectivity index (χ3v) is 6.34. The molecule has 0 aromatic heterocycles. The van der Waals surface area contributed by atoms with Crippen molar-refractivity contribution in [1.29, 1.82) is 5.41 Å². The Balaban J connectivity index is 1.68. The third kappa shape index (κ3) is 9.95. The predicted molar refractivity (Wildman–Crippen MR) is 158 cm³/mol. The molecule has 1 aliphatic heterocycles. The van der Waals surface area contributed by atoms with Gasteiger partial charge in [-0.25, -0.2) is 4.79 Å². The van der Waals surface area contributed by atoms with Crippen molar-refractivity contribution < 1.29 is 33.7 Å². The van der Waals surface area contributed by atoms with Crippen molar-refractivity contribution in [3.8, 4) is 11.5 Å². The van der Waals surface area contributed by atoms with E-state index in [4.69, 9.17) is 30.5 Å². The number of amides is 1. The largest absolute Gasteiger partial charge is 0.491 e. The molecule has 1 amide bonds. The zero-order valence-corrected chi connectivity index (χ0v) is 23.7. The summed E-state index contributed by atoms with van der Waals surface area (Å²) >= 11 is 0. The standard InChI is InChI=1S/C30H37N5O7/c1-3-33-35-15-13-25(14-16-35)42-24-10-7-21(8-11-24)30(39)34-23(18-28(38)40-4-2)19-41-26-17-22(29(31)32)6-5-20(26)9-12-27(36)37/h3,5-12,17,23,25H,4,13-16,18-19H2,1-2H3,(H3,31,32)(H,34,39)(H,36,37)/b12-9+,33-3+/t23-/m1/s1. The Morgan fingerprint density at radius 3 is 2.48 bits per heavy atom. The number of nitrogens with one attached hydrogen (secondary N) is 2. The van der Waals surface area contributed by atoms with Gasteiger partial charge in [0.05, 0.1) is 19.1 Å². The lowest BCUT2D eigenvalue weighted by Gasteiger charge is -2.30. The number of esters is 1. The van der Waals surface area contributed by atoms with Gasteiger partial charge in [0.2, 0.25) is 0 Å². The summed E-state index contributed by atoms with van der Waals surface area (Å²) in [4.78, 5) is 36.4. The van der Waals surface area contributed by atoms with Gasteiger partial charge < -0.3 is 30.4 Å². The molecule has 224 valence electrons. The van der Waals surface area contributed by atoms with Gasteiger partial charge in [0.25, 0.3) is 5.91 Å². The van der Waals surface area contributed by atoms with Crippen LogP contribution in [-0.4, -0.2) is 78.5 Å². The lowest BCUT2D eigenvalue weighted by Crippen LogP contribution is -2.41. The van der Waals surface area contributed by atoms with E-state index in [1.807, 2.05) is 11.9 Å². The van der Waals surface area contributed by atoms with Crippen molar-refractivity contribution in [1.82, 2.24) is 10.3 Å². The maximum absolute atomic E-state index is 13.1. The Morgan fingerprint density at radius 1 is 1.17 bits per heavy atom. The highest BCUT2D eigenvalue weighted by Crippen LogP contribution is 2.23. The minimum absolute atomic E-state index is 0.0656. The molecule has 12 nitrogen and oxygen atoms in total. The highest BCUT2D eigenvalue weighted by atomic mass is 16.5. The van der Waals surface area contributed by atoms with E-state index < -0.39 is 23.9 Å². The lowest BCUT2D eigenvalue weighted by atomic mass is 10.1. The number of ether oxygens (including phenoxy) is 3. The van der Waals surface area contributed by atoms with Crippen LogP contribution in [-0.2, 0) is 14.3 Å². The van der Waals surface area contributed by atoms with Crippen molar-refractivity contribution in [3.05, 3.63) is 65.2 Å². The predicted octanol–water partition coefficient (Wildman–Crippen LogP) is 3.05. The van der Waals surface area contributed by atoms with Crippen molar-refractivity contribution in [2.45, 2.75) is 45.3 Å². The molecule has 1 heterocycles. The third-order valence-electron chi connectivity index (χ3n) is 6.34. The number of carbonyl (C=O) groups is 3. The normalized spacial score (nSPS) is 14.5. The first kappa shape index (κ1) is 31.7. The van der Waals surface area contributed by atoms with Gasteiger partial charge in [0.15, 0.2) is 0 Å². The molecule has 12 heteroatoms. The molecule has 1 atom stereocenters. The van der Waals surface area contributed by atoms with Crippen LogP contribution < -0.4 is 20.5 Å². The maximum atomic E-state index is 13.1. The van der Waals surface area contributed by atoms with Crippen molar-refractivity contribution in [2.24, 2.45) is 10.8 Å². The van der Waals surface area contributed by atoms with E-state index >= 15 is 0 Å². The number of carbonyl (C=O) groups excluding carboxylic acids is 2. The van der Waals surface area contributed by atoms with Gasteiger partial charge in [-0.2, -0.15) is 5.10 Å². The second-order valence-corrected chi connectivity index (χ2v) is 9.50. The van der Waals surface area contributed by atoms with Gasteiger partial charge in [-0.05, 0) is 50.3 Å². The molecular formula is C30H37N5O7. The summed E-state index contributed by atoms with van der Waals surface area (Å²) in [7, 11) is 0. The second kappa shape index (κ2) is 15.8. The molecule has 2 aromatic rings. The van der Waals surface area contributed by atoms with E-state index in [0.29, 0.717) is 22.4 Å². The monoisotopic (exact) mass is 579 g/mol. The van der Waals surface area contributed by atoms with Crippen LogP contribution in [0.3, 0.4) is 0 Å². The maximum Gasteiger partial charge on any atom is 0.328 e. The number of nitrogens with zero attached hydrogens (tertiary/aromatic N) is 2. The average Bonchev–Trinajstić information content (AvgIpc) is 2.96. The summed E-state index contributed by atoms with van der Waals surface area (Å²) in [6.07, 6.45) is 5.66. The number of carboxylic acids is 1. The van der Waals surface area contributed by atoms with Gasteiger partial charge in [0.1, 0.15) is 30.0 Å². The fourth-order valence-electron chi connectivity index (χ4n) is 4.27. The molecule has 5 N–H and O–H groups in total. The highest BCUT2D eigenvalue weighted by Gasteiger charge is 2.22. The molecular weight excluding hydrogens is 542 g/mol. The number of hydrazone groups is 1. The fraction of sp³-hybridized carbons (Fsp3) is 0.367. The van der Waals surface area contributed by atoms with E-state index in [2.05, 4.69) is 10.4 Å². The number of hydrogen-bond donors (Lipinski definition) is 4. The summed E-state index contributed by atoms with van der Waals surface area (Å²) in [5, 5.41) is 25.8. The minimum atomic E-state index is -1.15. The zero-order chi connectivity index (χ0) is 30.5. The highest BCUT2D eigenvalue weighted by molar-refractivity contribution is 5.96. The molecule has 1 fully saturated rings. The minimum Gasteiger partial charge on any atom is -0.491 e. The van der Waals surface area contributed by atoms with E-state index in [1.165, 1.54) is 12.1 Å². The van der Waals surface area contributed by atoms with E-state index in [9.17, 15) is 14.4 Å². The van der Waals surface area contributed by atoms with Gasteiger partial charge in [0, 0.05) is 54.9 Å². The molecule has 2 aromatic carbocycles. The molecule has 42 heavy (non-hydrogen) atoms. The molecule has 3 rings (SSSR count). The average molecular weight is 580 g/mol. The van der Waals surface area contributed by atoms with Crippen LogP contribution in [0.1, 0.15) is 54.6 Å². The van der Waals surface area contributed by atoms with Crippen molar-refractivity contribution in [3.63, 3.8) is 0 Å². The molecule has 0 spiro atoms. The second-order valence-electron chi connectivity index (χ2n) is 9.50. The van der Waals surface area contributed by atoms with Crippen molar-refractivity contribution in [2.75, 3.05) is 26.3 Å². The summed E-state index contributed by atoms with van der Waals surface area (Å²) < 4.78 is 17.1.